The molecular formula is C36H68. The molecule has 0 saturated heterocycles. The van der Waals surface area contributed by atoms with Crippen molar-refractivity contribution in [3.63, 3.8) is 0 Å². The van der Waals surface area contributed by atoms with E-state index in [0.717, 1.165) is 47.3 Å². The highest BCUT2D eigenvalue weighted by molar-refractivity contribution is 5.00. The van der Waals surface area contributed by atoms with Gasteiger partial charge in [0.05, 0.1) is 0 Å². The molecule has 0 heterocycles. The molecule has 0 bridgehead atoms. The zero-order valence-corrected chi connectivity index (χ0v) is 27.5. The summed E-state index contributed by atoms with van der Waals surface area (Å²) in [5, 5.41) is 0. The molecule has 2 rings (SSSR count). The fraction of sp³-hybridized carbons (Fsp3) is 0.667. The maximum Gasteiger partial charge on any atom is -0.0233 e. The van der Waals surface area contributed by atoms with Gasteiger partial charge in [0.1, 0.15) is 0 Å². The van der Waals surface area contributed by atoms with E-state index in [1.165, 1.54) is 0 Å². The van der Waals surface area contributed by atoms with Crippen LogP contribution in [-0.4, -0.2) is 0 Å². The lowest BCUT2D eigenvalue weighted by molar-refractivity contribution is 0.0302. The molecule has 0 spiro atoms. The normalized spacial score (nSPS) is 30.7. The average Bonchev–Trinajstić information content (AvgIpc) is 2.92. The average molecular weight is 501 g/mol. The molecule has 0 aromatic carbocycles. The van der Waals surface area contributed by atoms with E-state index in [4.69, 9.17) is 0 Å². The molecule has 1 fully saturated rings. The minimum atomic E-state index is 0.784. The van der Waals surface area contributed by atoms with Gasteiger partial charge in [-0.15, -0.1) is 0 Å². The van der Waals surface area contributed by atoms with Crippen molar-refractivity contribution >= 4 is 0 Å². The highest BCUT2D eigenvalue weighted by Crippen LogP contribution is 2.44. The molecule has 212 valence electrons. The third-order valence-electron chi connectivity index (χ3n) is 8.02. The van der Waals surface area contributed by atoms with Crippen LogP contribution in [0.2, 0.25) is 0 Å². The summed E-state index contributed by atoms with van der Waals surface area (Å²) in [5.41, 5.74) is 0. The van der Waals surface area contributed by atoms with Crippen LogP contribution in [0.15, 0.2) is 72.9 Å². The minimum Gasteiger partial charge on any atom is -0.0919 e. The summed E-state index contributed by atoms with van der Waals surface area (Å²) in [4.78, 5) is 0. The van der Waals surface area contributed by atoms with Gasteiger partial charge in [0, 0.05) is 0 Å². The van der Waals surface area contributed by atoms with Crippen molar-refractivity contribution in [1.29, 1.82) is 0 Å². The second kappa shape index (κ2) is 29.7. The first-order valence-electron chi connectivity index (χ1n) is 14.6. The molecule has 0 heteroatoms. The molecule has 2 aliphatic carbocycles. The summed E-state index contributed by atoms with van der Waals surface area (Å²) in [5.74, 6) is 7.20. The van der Waals surface area contributed by atoms with E-state index in [2.05, 4.69) is 67.5 Å². The maximum absolute atomic E-state index is 2.36. The summed E-state index contributed by atoms with van der Waals surface area (Å²) in [6.45, 7) is 34.8. The highest BCUT2D eigenvalue weighted by atomic mass is 14.4. The molecule has 0 nitrogen and oxygen atoms in total. The molecule has 0 aromatic heterocycles. The standard InChI is InChI=1S/C10H18.C8H16.C6H10.3C4H8/c1-7-5-6-8(2)10(4)9(7)3;1-5-6(2)8(4)7(5)3;1-3-5-6-4-2;3*1-3-4-2/h5-10H,1-4H3;5-8H,1-4H3;3-6H,1-2H3;3*3-4H,1-2H3. The molecule has 4 atom stereocenters. The predicted molar refractivity (Wildman–Crippen MR) is 174 cm³/mol. The predicted octanol–water partition coefficient (Wildman–Crippen LogP) is 12.5. The molecular weight excluding hydrogens is 432 g/mol. The number of rotatable bonds is 1. The summed E-state index contributed by atoms with van der Waals surface area (Å²) >= 11 is 0. The van der Waals surface area contributed by atoms with Gasteiger partial charge in [-0.05, 0) is 103 Å². The van der Waals surface area contributed by atoms with E-state index in [1.807, 2.05) is 116 Å². The first kappa shape index (κ1) is 41.6. The minimum absolute atomic E-state index is 0.784. The van der Waals surface area contributed by atoms with Crippen LogP contribution >= 0.6 is 0 Å². The van der Waals surface area contributed by atoms with Crippen LogP contribution in [0.25, 0.3) is 0 Å². The zero-order chi connectivity index (χ0) is 29.1. The van der Waals surface area contributed by atoms with Gasteiger partial charge < -0.3 is 0 Å². The largest absolute Gasteiger partial charge is 0.0919 e. The van der Waals surface area contributed by atoms with Crippen molar-refractivity contribution < 1.29 is 0 Å². The van der Waals surface area contributed by atoms with Gasteiger partial charge in [-0.1, -0.05) is 128 Å². The van der Waals surface area contributed by atoms with Gasteiger partial charge in [-0.25, -0.2) is 0 Å². The van der Waals surface area contributed by atoms with E-state index < -0.39 is 0 Å². The lowest BCUT2D eigenvalue weighted by Gasteiger charge is -2.45. The Hall–Kier alpha value is -1.56. The quantitative estimate of drug-likeness (QED) is 0.248. The third-order valence-corrected chi connectivity index (χ3v) is 8.02. The van der Waals surface area contributed by atoms with Crippen LogP contribution in [0.5, 0.6) is 0 Å². The first-order chi connectivity index (χ1) is 16.9. The van der Waals surface area contributed by atoms with Gasteiger partial charge in [-0.2, -0.15) is 0 Å². The van der Waals surface area contributed by atoms with Gasteiger partial charge in [-0.3, -0.25) is 0 Å². The maximum atomic E-state index is 2.36. The molecule has 0 amide bonds. The van der Waals surface area contributed by atoms with E-state index in [9.17, 15) is 0 Å². The Balaban J connectivity index is -0.000000179. The molecule has 0 aliphatic heterocycles. The van der Waals surface area contributed by atoms with Gasteiger partial charge in [0.2, 0.25) is 0 Å². The summed E-state index contributed by atoms with van der Waals surface area (Å²) in [7, 11) is 0. The van der Waals surface area contributed by atoms with Crippen LogP contribution in [0.4, 0.5) is 0 Å². The van der Waals surface area contributed by atoms with Gasteiger partial charge in [0.15, 0.2) is 0 Å². The fourth-order valence-electron chi connectivity index (χ4n) is 3.65. The van der Waals surface area contributed by atoms with E-state index in [-0.39, 0.29) is 0 Å². The van der Waals surface area contributed by atoms with E-state index in [1.54, 1.807) is 0 Å². The van der Waals surface area contributed by atoms with Crippen molar-refractivity contribution in [2.24, 2.45) is 47.3 Å². The van der Waals surface area contributed by atoms with Crippen LogP contribution in [0.1, 0.15) is 111 Å². The van der Waals surface area contributed by atoms with Crippen molar-refractivity contribution in [1.82, 2.24) is 0 Å². The van der Waals surface area contributed by atoms with Crippen LogP contribution in [0, 0.1) is 47.3 Å². The second-order valence-corrected chi connectivity index (χ2v) is 10.3. The number of hydrogen-bond donors (Lipinski definition) is 0. The Morgan fingerprint density at radius 3 is 0.639 bits per heavy atom. The molecule has 36 heavy (non-hydrogen) atoms. The Bertz CT molecular complexity index is 504. The molecule has 2 aliphatic rings. The monoisotopic (exact) mass is 501 g/mol. The molecule has 0 aromatic rings. The third kappa shape index (κ3) is 22.9. The lowest BCUT2D eigenvalue weighted by atomic mass is 9.60. The van der Waals surface area contributed by atoms with Crippen LogP contribution in [-0.2, 0) is 0 Å². The van der Waals surface area contributed by atoms with Crippen molar-refractivity contribution in [2.45, 2.75) is 111 Å². The summed E-state index contributed by atoms with van der Waals surface area (Å²) < 4.78 is 0. The summed E-state index contributed by atoms with van der Waals surface area (Å²) in [6.07, 6.45) is 24.7. The molecule has 0 radical (unpaired) electrons. The first-order valence-corrected chi connectivity index (χ1v) is 14.6. The van der Waals surface area contributed by atoms with E-state index in [0.29, 0.717) is 0 Å². The van der Waals surface area contributed by atoms with E-state index >= 15 is 0 Å². The number of allylic oxidation sites excluding steroid dienone is 12. The Morgan fingerprint density at radius 2 is 0.500 bits per heavy atom. The van der Waals surface area contributed by atoms with Gasteiger partial charge >= 0.3 is 0 Å². The number of hydrogen-bond acceptors (Lipinski definition) is 0. The fourth-order valence-corrected chi connectivity index (χ4v) is 3.65. The van der Waals surface area contributed by atoms with Crippen molar-refractivity contribution in [3.05, 3.63) is 72.9 Å². The van der Waals surface area contributed by atoms with Crippen LogP contribution < -0.4 is 0 Å². The summed E-state index contributed by atoms with van der Waals surface area (Å²) in [6, 6.07) is 0. The Morgan fingerprint density at radius 1 is 0.306 bits per heavy atom. The smallest absolute Gasteiger partial charge is 0.0233 e. The second-order valence-electron chi connectivity index (χ2n) is 10.3. The lowest BCUT2D eigenvalue weighted by Crippen LogP contribution is -2.39. The van der Waals surface area contributed by atoms with Crippen molar-refractivity contribution in [3.8, 4) is 0 Å². The Labute approximate surface area is 230 Å². The highest BCUT2D eigenvalue weighted by Gasteiger charge is 2.38. The van der Waals surface area contributed by atoms with Crippen molar-refractivity contribution in [2.75, 3.05) is 0 Å². The SMILES string of the molecule is CC1C(C)C(C)C1C.CC1C=CC(C)C(C)C1C.CC=CC.CC=CC.CC=CC.CC=CC=CC. The zero-order valence-electron chi connectivity index (χ0n) is 27.5. The molecule has 4 unspecified atom stereocenters. The Kier molecular flexibility index (Phi) is 34.3. The van der Waals surface area contributed by atoms with Crippen LogP contribution in [0.3, 0.4) is 0 Å². The topological polar surface area (TPSA) is 0 Å². The molecule has 1 saturated carbocycles. The van der Waals surface area contributed by atoms with Gasteiger partial charge in [0.25, 0.3) is 0 Å². The molecule has 0 N–H and O–H groups in total.